The second-order valence-electron chi connectivity index (χ2n) is 9.04. The average molecular weight is 560 g/mol. The lowest BCUT2D eigenvalue weighted by Crippen LogP contribution is -2.26. The van der Waals surface area contributed by atoms with E-state index in [-0.39, 0.29) is 17.2 Å². The molecule has 0 unspecified atom stereocenters. The molecule has 0 aliphatic carbocycles. The highest BCUT2D eigenvalue weighted by molar-refractivity contribution is 7.89. The van der Waals surface area contributed by atoms with Gasteiger partial charge in [-0.15, -0.1) is 13.2 Å². The van der Waals surface area contributed by atoms with Gasteiger partial charge in [0.05, 0.1) is 24.0 Å². The van der Waals surface area contributed by atoms with Crippen LogP contribution in [0, 0.1) is 0 Å². The lowest BCUT2D eigenvalue weighted by atomic mass is 9.98. The van der Waals surface area contributed by atoms with Crippen LogP contribution in [0.4, 0.5) is 13.2 Å². The molecule has 0 saturated heterocycles. The summed E-state index contributed by atoms with van der Waals surface area (Å²) in [4.78, 5) is 4.55. The maximum atomic E-state index is 13.5. The molecule has 0 spiro atoms. The maximum Gasteiger partial charge on any atom is 0.573 e. The fraction of sp³-hybridized carbons (Fsp3) is 0.250. The van der Waals surface area contributed by atoms with E-state index in [1.54, 1.807) is 66.7 Å². The molecule has 206 valence electrons. The number of rotatable bonds is 10. The zero-order valence-corrected chi connectivity index (χ0v) is 22.5. The molecule has 39 heavy (non-hydrogen) atoms. The van der Waals surface area contributed by atoms with Crippen LogP contribution in [0.5, 0.6) is 11.5 Å². The molecule has 4 aromatic rings. The van der Waals surface area contributed by atoms with Crippen molar-refractivity contribution in [1.82, 2.24) is 13.9 Å². The van der Waals surface area contributed by atoms with Crippen LogP contribution in [0.1, 0.15) is 16.7 Å². The minimum Gasteiger partial charge on any atom is -0.497 e. The quantitative estimate of drug-likeness (QED) is 0.253. The first-order chi connectivity index (χ1) is 18.4. The third-order valence-corrected chi connectivity index (χ3v) is 7.97. The van der Waals surface area contributed by atoms with Gasteiger partial charge in [-0.1, -0.05) is 30.3 Å². The first-order valence-corrected chi connectivity index (χ1v) is 13.4. The van der Waals surface area contributed by atoms with Crippen LogP contribution in [0.25, 0.3) is 11.3 Å². The molecule has 7 nitrogen and oxygen atoms in total. The van der Waals surface area contributed by atoms with Crippen LogP contribution in [0.2, 0.25) is 0 Å². The number of nitrogens with zero attached hydrogens (tertiary/aromatic N) is 3. The number of aryl methyl sites for hydroxylation is 3. The van der Waals surface area contributed by atoms with Gasteiger partial charge in [-0.25, -0.2) is 13.4 Å². The molecule has 1 heterocycles. The third kappa shape index (κ3) is 7.18. The maximum absolute atomic E-state index is 13.5. The Labute approximate surface area is 225 Å². The minimum absolute atomic E-state index is 0.136. The molecular formula is C28H28F3N3O4S. The fourth-order valence-electron chi connectivity index (χ4n) is 4.11. The predicted molar refractivity (Wildman–Crippen MR) is 141 cm³/mol. The van der Waals surface area contributed by atoms with Gasteiger partial charge in [-0.05, 0) is 65.9 Å². The van der Waals surface area contributed by atoms with Crippen molar-refractivity contribution in [2.75, 3.05) is 14.2 Å². The van der Waals surface area contributed by atoms with Crippen LogP contribution in [-0.4, -0.2) is 42.8 Å². The van der Waals surface area contributed by atoms with Crippen LogP contribution in [0.3, 0.4) is 0 Å². The van der Waals surface area contributed by atoms with Crippen LogP contribution in [0.15, 0.2) is 84.1 Å². The van der Waals surface area contributed by atoms with Crippen molar-refractivity contribution in [1.29, 1.82) is 0 Å². The molecule has 11 heteroatoms. The summed E-state index contributed by atoms with van der Waals surface area (Å²) in [6.07, 6.45) is -0.262. The summed E-state index contributed by atoms with van der Waals surface area (Å²) < 4.78 is 76.4. The molecule has 0 N–H and O–H groups in total. The number of methoxy groups -OCH3 is 1. The van der Waals surface area contributed by atoms with E-state index in [0.717, 1.165) is 16.7 Å². The largest absolute Gasteiger partial charge is 0.573 e. The molecule has 0 saturated carbocycles. The summed E-state index contributed by atoms with van der Waals surface area (Å²) in [7, 11) is 1.10. The third-order valence-electron chi connectivity index (χ3n) is 6.17. The highest BCUT2D eigenvalue weighted by Gasteiger charge is 2.31. The topological polar surface area (TPSA) is 73.7 Å². The van der Waals surface area contributed by atoms with E-state index in [4.69, 9.17) is 4.74 Å². The van der Waals surface area contributed by atoms with Gasteiger partial charge in [0.2, 0.25) is 10.0 Å². The molecule has 0 bridgehead atoms. The fourth-order valence-corrected chi connectivity index (χ4v) is 5.30. The second kappa shape index (κ2) is 11.5. The van der Waals surface area contributed by atoms with Gasteiger partial charge in [0.25, 0.3) is 0 Å². The van der Waals surface area contributed by atoms with E-state index in [1.165, 1.54) is 23.5 Å². The molecule has 0 aliphatic rings. The van der Waals surface area contributed by atoms with Gasteiger partial charge in [-0.2, -0.15) is 4.31 Å². The Hall–Kier alpha value is -3.83. The number of halogens is 3. The molecule has 4 rings (SSSR count). The molecule has 0 fully saturated rings. The summed E-state index contributed by atoms with van der Waals surface area (Å²) in [5, 5.41) is 0. The number of imidazole rings is 1. The highest BCUT2D eigenvalue weighted by atomic mass is 32.2. The van der Waals surface area contributed by atoms with Gasteiger partial charge in [0.15, 0.2) is 0 Å². The van der Waals surface area contributed by atoms with E-state index in [9.17, 15) is 21.6 Å². The van der Waals surface area contributed by atoms with Gasteiger partial charge in [-0.3, -0.25) is 0 Å². The van der Waals surface area contributed by atoms with E-state index < -0.39 is 16.4 Å². The monoisotopic (exact) mass is 559 g/mol. The van der Waals surface area contributed by atoms with Crippen LogP contribution < -0.4 is 9.47 Å². The first kappa shape index (κ1) is 28.2. The number of benzene rings is 3. The summed E-state index contributed by atoms with van der Waals surface area (Å²) in [6.45, 7) is 0.182. The Balaban J connectivity index is 1.56. The second-order valence-corrected chi connectivity index (χ2v) is 11.1. The standard InChI is InChI=1S/C28H28F3N3O4S/c1-33-18-27(32-19-33)26-16-25(39(35,36)34(2)17-21-7-11-23(37-3)12-8-21)15-10-22(26)9-4-20-5-13-24(14-6-20)38-28(29,30)31/h5-8,10-16,18-19H,4,9,17H2,1-3H3. The predicted octanol–water partition coefficient (Wildman–Crippen LogP) is 5.60. The Morgan fingerprint density at radius 1 is 0.923 bits per heavy atom. The Kier molecular flexibility index (Phi) is 8.31. The number of hydrogen-bond acceptors (Lipinski definition) is 5. The summed E-state index contributed by atoms with van der Waals surface area (Å²) in [5.41, 5.74) is 3.78. The van der Waals surface area contributed by atoms with Gasteiger partial charge >= 0.3 is 6.36 Å². The van der Waals surface area contributed by atoms with E-state index >= 15 is 0 Å². The number of ether oxygens (including phenoxy) is 2. The first-order valence-electron chi connectivity index (χ1n) is 12.0. The number of alkyl halides is 3. The SMILES string of the molecule is COc1ccc(CN(C)S(=O)(=O)c2ccc(CCc3ccc(OC(F)(F)F)cc3)c(-c3cn(C)cn3)c2)cc1. The van der Waals surface area contributed by atoms with Crippen molar-refractivity contribution in [3.8, 4) is 22.8 Å². The zero-order chi connectivity index (χ0) is 28.2. The molecule has 0 aliphatic heterocycles. The lowest BCUT2D eigenvalue weighted by molar-refractivity contribution is -0.274. The highest BCUT2D eigenvalue weighted by Crippen LogP contribution is 2.29. The van der Waals surface area contributed by atoms with Crippen molar-refractivity contribution in [2.24, 2.45) is 7.05 Å². The summed E-state index contributed by atoms with van der Waals surface area (Å²) in [5.74, 6) is 0.402. The van der Waals surface area contributed by atoms with Crippen molar-refractivity contribution in [2.45, 2.75) is 30.6 Å². The smallest absolute Gasteiger partial charge is 0.497 e. The number of sulfonamides is 1. The zero-order valence-electron chi connectivity index (χ0n) is 21.6. The van der Waals surface area contributed by atoms with Crippen LogP contribution in [-0.2, 0) is 36.5 Å². The molecule has 0 radical (unpaired) electrons. The minimum atomic E-state index is -4.75. The van der Waals surface area contributed by atoms with Gasteiger partial charge < -0.3 is 14.0 Å². The van der Waals surface area contributed by atoms with E-state index in [1.807, 2.05) is 19.2 Å². The van der Waals surface area contributed by atoms with Gasteiger partial charge in [0, 0.05) is 32.4 Å². The van der Waals surface area contributed by atoms with Crippen molar-refractivity contribution in [3.63, 3.8) is 0 Å². The Morgan fingerprint density at radius 2 is 1.56 bits per heavy atom. The summed E-state index contributed by atoms with van der Waals surface area (Å²) >= 11 is 0. The Morgan fingerprint density at radius 3 is 2.15 bits per heavy atom. The van der Waals surface area contributed by atoms with E-state index in [0.29, 0.717) is 29.8 Å². The van der Waals surface area contributed by atoms with Crippen molar-refractivity contribution < 1.29 is 31.1 Å². The molecule has 0 atom stereocenters. The van der Waals surface area contributed by atoms with E-state index in [2.05, 4.69) is 9.72 Å². The number of aromatic nitrogens is 2. The molecule has 0 amide bonds. The Bertz CT molecular complexity index is 1520. The molecule has 1 aromatic heterocycles. The molecule has 3 aromatic carbocycles. The molecular weight excluding hydrogens is 531 g/mol. The van der Waals surface area contributed by atoms with Crippen LogP contribution >= 0.6 is 0 Å². The average Bonchev–Trinajstić information content (AvgIpc) is 3.33. The van der Waals surface area contributed by atoms with Gasteiger partial charge in [0.1, 0.15) is 11.5 Å². The summed E-state index contributed by atoms with van der Waals surface area (Å²) in [6, 6.07) is 17.8. The lowest BCUT2D eigenvalue weighted by Gasteiger charge is -2.19. The normalized spacial score (nSPS) is 12.1. The van der Waals surface area contributed by atoms with Crippen molar-refractivity contribution >= 4 is 10.0 Å². The number of hydrogen-bond donors (Lipinski definition) is 0. The van der Waals surface area contributed by atoms with Crippen molar-refractivity contribution in [3.05, 3.63) is 95.9 Å².